The highest BCUT2D eigenvalue weighted by molar-refractivity contribution is 7.12. The summed E-state index contributed by atoms with van der Waals surface area (Å²) < 4.78 is 0. The monoisotopic (exact) mass is 244 g/mol. The molecular formula is C14H16N2S. The number of nitrogens with zero attached hydrogens (tertiary/aromatic N) is 1. The number of hydrogen-bond acceptors (Lipinski definition) is 3. The van der Waals surface area contributed by atoms with E-state index >= 15 is 0 Å². The maximum absolute atomic E-state index is 5.82. The first-order valence-electron chi connectivity index (χ1n) is 6.11. The Bertz CT molecular complexity index is 500. The van der Waals surface area contributed by atoms with Gasteiger partial charge in [0.05, 0.1) is 10.7 Å². The van der Waals surface area contributed by atoms with Gasteiger partial charge in [0.2, 0.25) is 0 Å². The summed E-state index contributed by atoms with van der Waals surface area (Å²) in [5, 5.41) is 1.26. The van der Waals surface area contributed by atoms with E-state index in [1.165, 1.54) is 28.3 Å². The van der Waals surface area contributed by atoms with Crippen LogP contribution in [-0.2, 0) is 13.0 Å². The van der Waals surface area contributed by atoms with Crippen molar-refractivity contribution in [2.45, 2.75) is 25.8 Å². The Balaban J connectivity index is 1.94. The largest absolute Gasteiger partial charge is 0.326 e. The van der Waals surface area contributed by atoms with Gasteiger partial charge in [0.25, 0.3) is 0 Å². The molecule has 88 valence electrons. The lowest BCUT2D eigenvalue weighted by Crippen LogP contribution is -1.95. The second-order valence-corrected chi connectivity index (χ2v) is 5.77. The number of benzene rings is 1. The van der Waals surface area contributed by atoms with Crippen molar-refractivity contribution < 1.29 is 0 Å². The van der Waals surface area contributed by atoms with E-state index in [2.05, 4.69) is 24.3 Å². The van der Waals surface area contributed by atoms with Gasteiger partial charge in [-0.1, -0.05) is 30.3 Å². The zero-order valence-corrected chi connectivity index (χ0v) is 10.5. The van der Waals surface area contributed by atoms with E-state index in [0.717, 1.165) is 18.0 Å². The molecule has 0 spiro atoms. The van der Waals surface area contributed by atoms with E-state index in [0.29, 0.717) is 6.54 Å². The summed E-state index contributed by atoms with van der Waals surface area (Å²) in [4.78, 5) is 5.98. The average molecular weight is 244 g/mol. The molecule has 0 unspecified atom stereocenters. The van der Waals surface area contributed by atoms with Crippen LogP contribution < -0.4 is 5.73 Å². The van der Waals surface area contributed by atoms with E-state index in [-0.39, 0.29) is 0 Å². The highest BCUT2D eigenvalue weighted by atomic mass is 32.1. The van der Waals surface area contributed by atoms with Gasteiger partial charge in [-0.2, -0.15) is 0 Å². The number of thiazole rings is 1. The van der Waals surface area contributed by atoms with Crippen LogP contribution in [0.15, 0.2) is 30.3 Å². The van der Waals surface area contributed by atoms with Gasteiger partial charge in [0, 0.05) is 23.4 Å². The zero-order chi connectivity index (χ0) is 11.7. The van der Waals surface area contributed by atoms with Gasteiger partial charge in [-0.05, 0) is 18.8 Å². The minimum Gasteiger partial charge on any atom is -0.326 e. The molecule has 2 N–H and O–H groups in total. The Morgan fingerprint density at radius 2 is 2.00 bits per heavy atom. The first kappa shape index (κ1) is 10.9. The minimum absolute atomic E-state index is 0.590. The van der Waals surface area contributed by atoms with Crippen molar-refractivity contribution in [1.82, 2.24) is 4.98 Å². The van der Waals surface area contributed by atoms with Crippen LogP contribution in [-0.4, -0.2) is 4.98 Å². The summed E-state index contributed by atoms with van der Waals surface area (Å²) in [5.74, 6) is 0.885. The molecule has 1 saturated carbocycles. The first-order chi connectivity index (χ1) is 8.36. The third kappa shape index (κ3) is 2.40. The summed E-state index contributed by atoms with van der Waals surface area (Å²) in [6, 6.07) is 10.3. The van der Waals surface area contributed by atoms with Gasteiger partial charge in [-0.25, -0.2) is 4.98 Å². The maximum Gasteiger partial charge on any atom is 0.0938 e. The van der Waals surface area contributed by atoms with Gasteiger partial charge in [0.1, 0.15) is 0 Å². The molecule has 1 aromatic carbocycles. The van der Waals surface area contributed by atoms with Gasteiger partial charge in [-0.15, -0.1) is 11.3 Å². The molecule has 3 heteroatoms. The van der Waals surface area contributed by atoms with Gasteiger partial charge in [0.15, 0.2) is 0 Å². The van der Waals surface area contributed by atoms with Gasteiger partial charge < -0.3 is 5.73 Å². The second kappa shape index (κ2) is 4.59. The summed E-state index contributed by atoms with van der Waals surface area (Å²) in [6.07, 6.45) is 3.89. The third-order valence-corrected chi connectivity index (χ3v) is 4.23. The predicted molar refractivity (Wildman–Crippen MR) is 71.9 cm³/mol. The van der Waals surface area contributed by atoms with Crippen molar-refractivity contribution in [3.8, 4) is 11.3 Å². The van der Waals surface area contributed by atoms with Crippen molar-refractivity contribution in [1.29, 1.82) is 0 Å². The topological polar surface area (TPSA) is 38.9 Å². The predicted octanol–water partition coefficient (Wildman–Crippen LogP) is 3.22. The van der Waals surface area contributed by atoms with Crippen molar-refractivity contribution in [3.05, 3.63) is 40.2 Å². The number of aromatic nitrogens is 1. The van der Waals surface area contributed by atoms with Crippen LogP contribution in [0, 0.1) is 5.92 Å². The van der Waals surface area contributed by atoms with Gasteiger partial charge in [-0.3, -0.25) is 0 Å². The Kier molecular flexibility index (Phi) is 2.95. The molecule has 0 radical (unpaired) electrons. The van der Waals surface area contributed by atoms with Gasteiger partial charge >= 0.3 is 0 Å². The van der Waals surface area contributed by atoms with Crippen LogP contribution in [0.4, 0.5) is 0 Å². The SMILES string of the molecule is NCc1sc(CC2CC2)nc1-c1ccccc1. The highest BCUT2D eigenvalue weighted by Gasteiger charge is 2.24. The number of hydrogen-bond donors (Lipinski definition) is 1. The lowest BCUT2D eigenvalue weighted by atomic mass is 10.1. The molecule has 2 aromatic rings. The van der Waals surface area contributed by atoms with Crippen molar-refractivity contribution in [3.63, 3.8) is 0 Å². The fourth-order valence-corrected chi connectivity index (χ4v) is 3.10. The second-order valence-electron chi connectivity index (χ2n) is 4.60. The van der Waals surface area contributed by atoms with E-state index in [4.69, 9.17) is 10.7 Å². The van der Waals surface area contributed by atoms with Crippen LogP contribution in [0.25, 0.3) is 11.3 Å². The van der Waals surface area contributed by atoms with Crippen molar-refractivity contribution in [2.75, 3.05) is 0 Å². The Labute approximate surface area is 106 Å². The van der Waals surface area contributed by atoms with E-state index < -0.39 is 0 Å². The molecule has 2 nitrogen and oxygen atoms in total. The smallest absolute Gasteiger partial charge is 0.0938 e. The van der Waals surface area contributed by atoms with Crippen molar-refractivity contribution in [2.24, 2.45) is 11.7 Å². The zero-order valence-electron chi connectivity index (χ0n) is 9.73. The fourth-order valence-electron chi connectivity index (χ4n) is 2.02. The summed E-state index contributed by atoms with van der Waals surface area (Å²) >= 11 is 1.79. The molecule has 0 amide bonds. The van der Waals surface area contributed by atoms with E-state index in [9.17, 15) is 0 Å². The van der Waals surface area contributed by atoms with E-state index in [1.807, 2.05) is 6.07 Å². The lowest BCUT2D eigenvalue weighted by Gasteiger charge is -1.98. The summed E-state index contributed by atoms with van der Waals surface area (Å²) in [7, 11) is 0. The Morgan fingerprint density at radius 1 is 1.24 bits per heavy atom. The molecular weight excluding hydrogens is 228 g/mol. The molecule has 1 aliphatic carbocycles. The quantitative estimate of drug-likeness (QED) is 0.897. The average Bonchev–Trinajstić information content (AvgIpc) is 3.08. The van der Waals surface area contributed by atoms with Crippen LogP contribution >= 0.6 is 11.3 Å². The normalized spacial score (nSPS) is 15.1. The summed E-state index contributed by atoms with van der Waals surface area (Å²) in [5.41, 5.74) is 8.10. The molecule has 0 bridgehead atoms. The molecule has 3 rings (SSSR count). The highest BCUT2D eigenvalue weighted by Crippen LogP contribution is 2.36. The molecule has 1 heterocycles. The third-order valence-electron chi connectivity index (χ3n) is 3.13. The first-order valence-corrected chi connectivity index (χ1v) is 6.92. The minimum atomic E-state index is 0.590. The Morgan fingerprint density at radius 3 is 2.65 bits per heavy atom. The summed E-state index contributed by atoms with van der Waals surface area (Å²) in [6.45, 7) is 0.590. The molecule has 0 saturated heterocycles. The lowest BCUT2D eigenvalue weighted by molar-refractivity contribution is 0.824. The van der Waals surface area contributed by atoms with Crippen LogP contribution in [0.1, 0.15) is 22.7 Å². The molecule has 1 aromatic heterocycles. The van der Waals surface area contributed by atoms with E-state index in [1.54, 1.807) is 11.3 Å². The maximum atomic E-state index is 5.82. The fraction of sp³-hybridized carbons (Fsp3) is 0.357. The molecule has 0 aliphatic heterocycles. The van der Waals surface area contributed by atoms with Crippen LogP contribution in [0.2, 0.25) is 0 Å². The molecule has 17 heavy (non-hydrogen) atoms. The van der Waals surface area contributed by atoms with Crippen LogP contribution in [0.3, 0.4) is 0 Å². The molecule has 0 atom stereocenters. The Hall–Kier alpha value is -1.19. The number of rotatable bonds is 4. The standard InChI is InChI=1S/C14H16N2S/c15-9-12-14(11-4-2-1-3-5-11)16-13(17-12)8-10-6-7-10/h1-5,10H,6-9,15H2. The molecule has 1 aliphatic rings. The van der Waals surface area contributed by atoms with Crippen LogP contribution in [0.5, 0.6) is 0 Å². The van der Waals surface area contributed by atoms with Crippen molar-refractivity contribution >= 4 is 11.3 Å². The molecule has 1 fully saturated rings. The number of nitrogens with two attached hydrogens (primary N) is 1.